The number of allylic oxidation sites excluding steroid dienone is 3. The van der Waals surface area contributed by atoms with Crippen molar-refractivity contribution in [1.82, 2.24) is 0 Å². The van der Waals surface area contributed by atoms with E-state index in [0.717, 1.165) is 126 Å². The largest absolute Gasteiger partial charge is 0.388 e. The summed E-state index contributed by atoms with van der Waals surface area (Å²) in [5, 5.41) is 9.65. The number of aryl methyl sites for hydroxylation is 2. The van der Waals surface area contributed by atoms with Crippen molar-refractivity contribution in [3.8, 4) is 0 Å². The molecule has 0 radical (unpaired) electrons. The van der Waals surface area contributed by atoms with E-state index in [4.69, 9.17) is 0 Å². The minimum Gasteiger partial charge on any atom is -0.388 e. The summed E-state index contributed by atoms with van der Waals surface area (Å²) in [4.78, 5) is 91.5. The molecule has 0 fully saturated rings. The molecule has 712 valence electrons. The lowest BCUT2D eigenvalue weighted by molar-refractivity contribution is 0.0847. The van der Waals surface area contributed by atoms with Gasteiger partial charge in [-0.15, -0.1) is 0 Å². The fourth-order valence-electron chi connectivity index (χ4n) is 15.6. The third-order valence-electron chi connectivity index (χ3n) is 22.0. The molecule has 5 unspecified atom stereocenters. The summed E-state index contributed by atoms with van der Waals surface area (Å²) < 4.78 is 0. The highest BCUT2D eigenvalue weighted by Crippen LogP contribution is 2.36. The second-order valence-electron chi connectivity index (χ2n) is 30.9. The van der Waals surface area contributed by atoms with Gasteiger partial charge in [-0.05, 0) is 182 Å². The van der Waals surface area contributed by atoms with Crippen LogP contribution in [0.2, 0.25) is 0 Å². The maximum absolute atomic E-state index is 11.8. The molecule has 132 heavy (non-hydrogen) atoms. The molecular weight excluding hydrogens is 1620 g/mol. The average molecular weight is 1790 g/mol. The van der Waals surface area contributed by atoms with Gasteiger partial charge in [-0.3, -0.25) is 38.4 Å². The molecule has 0 heterocycles. The Morgan fingerprint density at radius 1 is 0.333 bits per heavy atom. The van der Waals surface area contributed by atoms with E-state index in [-0.39, 0.29) is 52.8 Å². The molecule has 9 heteroatoms. The Morgan fingerprint density at radius 2 is 0.705 bits per heavy atom. The van der Waals surface area contributed by atoms with Crippen molar-refractivity contribution >= 4 is 58.4 Å². The zero-order chi connectivity index (χ0) is 100.0. The highest BCUT2D eigenvalue weighted by Gasteiger charge is 2.35. The van der Waals surface area contributed by atoms with E-state index in [9.17, 15) is 43.5 Å². The number of carbonyl (C=O) groups excluding carboxylic acids is 8. The van der Waals surface area contributed by atoms with Crippen molar-refractivity contribution in [2.24, 2.45) is 35.5 Å². The molecule has 0 aromatic heterocycles. The van der Waals surface area contributed by atoms with E-state index in [1.807, 2.05) is 337 Å². The van der Waals surface area contributed by atoms with E-state index < -0.39 is 5.92 Å². The second-order valence-corrected chi connectivity index (χ2v) is 30.9. The first kappa shape index (κ1) is 121. The molecule has 0 spiro atoms. The molecule has 0 bridgehead atoms. The summed E-state index contributed by atoms with van der Waals surface area (Å²) in [6.45, 7) is 61.8. The molecule has 0 saturated heterocycles. The van der Waals surface area contributed by atoms with Crippen LogP contribution < -0.4 is 0 Å². The van der Waals surface area contributed by atoms with Crippen molar-refractivity contribution in [3.63, 3.8) is 0 Å². The molecule has 19 rings (SSSR count). The maximum Gasteiger partial charge on any atom is 0.189 e. The summed E-state index contributed by atoms with van der Waals surface area (Å²) in [6.07, 6.45) is 17.3. The van der Waals surface area contributed by atoms with Crippen molar-refractivity contribution in [3.05, 3.63) is 378 Å². The Labute approximate surface area is 800 Å². The molecule has 5 atom stereocenters. The number of fused-ring (bicyclic) bond motifs is 9. The Balaban J connectivity index is 0.00000141. The molecule has 9 aliphatic carbocycles. The van der Waals surface area contributed by atoms with Gasteiger partial charge in [0.15, 0.2) is 46.3 Å². The lowest BCUT2D eigenvalue weighted by atomic mass is 9.84. The number of carbonyl (C=O) groups is 8. The first-order chi connectivity index (χ1) is 64.0. The van der Waals surface area contributed by atoms with Crippen LogP contribution in [0, 0.1) is 35.5 Å². The Morgan fingerprint density at radius 3 is 1.16 bits per heavy atom. The maximum atomic E-state index is 11.8. The molecule has 0 saturated carbocycles. The topological polar surface area (TPSA) is 157 Å². The summed E-state index contributed by atoms with van der Waals surface area (Å²) in [5.41, 5.74) is 23.8. The molecule has 9 aliphatic rings. The van der Waals surface area contributed by atoms with Gasteiger partial charge in [0, 0.05) is 75.1 Å². The van der Waals surface area contributed by atoms with Crippen LogP contribution in [0.1, 0.15) is 383 Å². The zero-order valence-electron chi connectivity index (χ0n) is 86.5. The van der Waals surface area contributed by atoms with Crippen LogP contribution in [0.3, 0.4) is 0 Å². The van der Waals surface area contributed by atoms with Crippen molar-refractivity contribution in [2.75, 3.05) is 0 Å². The van der Waals surface area contributed by atoms with Crippen LogP contribution in [0.15, 0.2) is 272 Å². The number of hydrogen-bond acceptors (Lipinski definition) is 9. The Kier molecular flexibility index (Phi) is 63.7. The number of aliphatic hydroxyl groups excluding tert-OH is 1. The number of aliphatic hydroxyl groups is 1. The summed E-state index contributed by atoms with van der Waals surface area (Å²) >= 11 is 0. The zero-order valence-corrected chi connectivity index (χ0v) is 86.5. The smallest absolute Gasteiger partial charge is 0.189 e. The number of rotatable bonds is 3. The first-order valence-electron chi connectivity index (χ1n) is 49.8. The minimum atomic E-state index is -0.470. The van der Waals surface area contributed by atoms with Crippen molar-refractivity contribution < 1.29 is 43.5 Å². The quantitative estimate of drug-likeness (QED) is 0.0787. The SMILES string of the molecule is C=C1Cc2ccccc2C1=O.CC.CC.CC.CC.CC.CC.CC.CC.CC.CC.CC1=Cc2ccccc2C1.CC1=Cc2ccccc2C1=O.CC1C(=O)c2ccccc2C1=O.CC1CCCc2ccccc2C1=O.CC1CCc2ccccc2C1=O.CC1Cc2ccccc2C1.CC1Cc2ccccc2C1=O.CC1Cc2ccccc2C1O.CCCC(=O)c1ccccc1. The van der Waals surface area contributed by atoms with E-state index in [1.54, 1.807) is 42.3 Å². The predicted octanol–water partition coefficient (Wildman–Crippen LogP) is 33.2. The highest BCUT2D eigenvalue weighted by atomic mass is 16.3. The second kappa shape index (κ2) is 69.6. The highest BCUT2D eigenvalue weighted by molar-refractivity contribution is 6.26. The Hall–Kier alpha value is -11.3. The summed E-state index contributed by atoms with van der Waals surface area (Å²) in [5.74, 6) is 2.81. The van der Waals surface area contributed by atoms with Crippen LogP contribution in [-0.4, -0.2) is 51.4 Å². The molecule has 0 aliphatic heterocycles. The molecule has 9 nitrogen and oxygen atoms in total. The van der Waals surface area contributed by atoms with Crippen LogP contribution in [0.5, 0.6) is 0 Å². The van der Waals surface area contributed by atoms with Crippen LogP contribution in [0.25, 0.3) is 12.2 Å². The van der Waals surface area contributed by atoms with Gasteiger partial charge < -0.3 is 5.11 Å². The van der Waals surface area contributed by atoms with E-state index >= 15 is 0 Å². The Bertz CT molecular complexity index is 5050. The standard InChI is InChI=1S/C12H14O.C11H12O.C10H8O2.C10H12O.C10H10O.2C10H8O.C10H12O.C10H12.C10H10.10C2H6/c1-9-5-4-7-10-6-2-3-8-11(10)12(9)13;1-8-6-7-9-4-2-3-5-10(9)11(8)12;1-6-9(11)7-4-2-3-5-8(7)10(6)12;4*1-7-6-8-4-2-3-5-9(8)10(7)11;1-2-6-10(11)9-7-4-3-5-8-9;2*1-8-6-9-4-2-3-5-10(9)7-8;10*1-2/h2-3,6,8-9H,4-5,7H2,1H3;2-5,8H,6-7H2,1H3;2-6H,1H3;2-5,7,10-11H,6H2,1H3;2-5,7H,6H2,1H3;2-6H,1H3;2-5H,1,6H2;3-5,7-8H,2,6H2,1H3;2-5,8H,6-7H2,1H3;2-6H,7H2,1H3;10*1-2H3. The van der Waals surface area contributed by atoms with E-state index in [0.29, 0.717) is 46.4 Å². The van der Waals surface area contributed by atoms with E-state index in [1.165, 1.54) is 51.8 Å². The fourth-order valence-corrected chi connectivity index (χ4v) is 15.6. The molecule has 0 amide bonds. The van der Waals surface area contributed by atoms with Crippen LogP contribution in [0.4, 0.5) is 0 Å². The van der Waals surface area contributed by atoms with Crippen LogP contribution >= 0.6 is 0 Å². The van der Waals surface area contributed by atoms with Gasteiger partial charge in [0.2, 0.25) is 0 Å². The van der Waals surface area contributed by atoms with Crippen molar-refractivity contribution in [2.45, 2.75) is 290 Å². The number of ketones is 8. The molecule has 1 N–H and O–H groups in total. The lowest BCUT2D eigenvalue weighted by Gasteiger charge is -2.19. The minimum absolute atomic E-state index is 0.0457. The molecule has 10 aromatic carbocycles. The van der Waals surface area contributed by atoms with Gasteiger partial charge in [0.25, 0.3) is 0 Å². The normalized spacial score (nSPS) is 16.1. The monoisotopic (exact) mass is 1790 g/mol. The third kappa shape index (κ3) is 37.4. The number of benzene rings is 10. The fraction of sp³-hybridized carbons (Fsp3) is 0.398. The van der Waals surface area contributed by atoms with Gasteiger partial charge in [-0.2, -0.15) is 0 Å². The lowest BCUT2D eigenvalue weighted by Crippen LogP contribution is -2.19. The van der Waals surface area contributed by atoms with Gasteiger partial charge in [-0.1, -0.05) is 447 Å². The molecule has 10 aromatic rings. The predicted molar refractivity (Wildman–Crippen MR) is 567 cm³/mol. The summed E-state index contributed by atoms with van der Waals surface area (Å²) in [7, 11) is 0. The van der Waals surface area contributed by atoms with Gasteiger partial charge in [0.05, 0.1) is 12.0 Å². The number of Topliss-reactive ketones (excluding diaryl/α,β-unsaturated/α-hetero) is 8. The third-order valence-corrected chi connectivity index (χ3v) is 22.0. The van der Waals surface area contributed by atoms with Crippen LogP contribution in [-0.2, 0) is 51.4 Å². The number of hydrogen-bond donors (Lipinski definition) is 1. The van der Waals surface area contributed by atoms with Gasteiger partial charge in [0.1, 0.15) is 0 Å². The van der Waals surface area contributed by atoms with Gasteiger partial charge in [-0.25, -0.2) is 0 Å². The molecular formula is C123H166O9. The van der Waals surface area contributed by atoms with Crippen molar-refractivity contribution in [1.29, 1.82) is 0 Å². The van der Waals surface area contributed by atoms with E-state index in [2.05, 4.69) is 100 Å². The first-order valence-corrected chi connectivity index (χ1v) is 49.8. The summed E-state index contributed by atoms with van der Waals surface area (Å²) in [6, 6.07) is 81.0. The van der Waals surface area contributed by atoms with Gasteiger partial charge >= 0.3 is 0 Å². The average Bonchev–Trinajstić information content (AvgIpc) is 1.71.